The van der Waals surface area contributed by atoms with E-state index >= 15 is 0 Å². The number of aromatic nitrogens is 1. The summed E-state index contributed by atoms with van der Waals surface area (Å²) in [7, 11) is 2.11. The third-order valence-corrected chi connectivity index (χ3v) is 3.65. The molecule has 0 aliphatic heterocycles. The molecule has 0 atom stereocenters. The van der Waals surface area contributed by atoms with Crippen molar-refractivity contribution in [2.75, 3.05) is 18.5 Å². The largest absolute Gasteiger partial charge is 0.369 e. The Balaban J connectivity index is 1.96. The quantitative estimate of drug-likeness (QED) is 0.844. The molecule has 0 bridgehead atoms. The second-order valence-corrected chi connectivity index (χ2v) is 5.31. The summed E-state index contributed by atoms with van der Waals surface area (Å²) in [5.41, 5.74) is 4.93. The normalized spacial score (nSPS) is 10.6. The van der Waals surface area contributed by atoms with E-state index in [0.29, 0.717) is 0 Å². The topological polar surface area (TPSA) is 28.2 Å². The Kier molecular flexibility index (Phi) is 5.76. The van der Waals surface area contributed by atoms with Gasteiger partial charge in [-0.3, -0.25) is 4.98 Å². The van der Waals surface area contributed by atoms with E-state index in [9.17, 15) is 0 Å². The summed E-state index contributed by atoms with van der Waals surface area (Å²) < 4.78 is 0. The van der Waals surface area contributed by atoms with E-state index in [1.807, 2.05) is 6.20 Å². The Morgan fingerprint density at radius 2 is 1.71 bits per heavy atom. The van der Waals surface area contributed by atoms with Crippen molar-refractivity contribution < 1.29 is 0 Å². The van der Waals surface area contributed by atoms with Crippen LogP contribution in [0.5, 0.6) is 0 Å². The minimum absolute atomic E-state index is 0.826. The highest BCUT2D eigenvalue weighted by atomic mass is 15.1. The Hall–Kier alpha value is -1.87. The lowest BCUT2D eigenvalue weighted by molar-refractivity contribution is 0.722. The Labute approximate surface area is 128 Å². The number of hydrogen-bond donors (Lipinski definition) is 1. The molecule has 0 amide bonds. The molecule has 1 N–H and O–H groups in total. The molecule has 1 aromatic carbocycles. The molecule has 1 aromatic heterocycles. The van der Waals surface area contributed by atoms with Crippen LogP contribution in [0.4, 0.5) is 5.69 Å². The van der Waals surface area contributed by atoms with Crippen LogP contribution < -0.4 is 10.2 Å². The van der Waals surface area contributed by atoms with Crippen LogP contribution in [-0.2, 0) is 19.5 Å². The lowest BCUT2D eigenvalue weighted by atomic mass is 10.1. The number of aryl methyl sites for hydroxylation is 1. The highest BCUT2D eigenvalue weighted by Crippen LogP contribution is 2.16. The van der Waals surface area contributed by atoms with Crippen molar-refractivity contribution in [3.05, 3.63) is 59.4 Å². The van der Waals surface area contributed by atoms with Crippen LogP contribution >= 0.6 is 0 Å². The van der Waals surface area contributed by atoms with E-state index in [0.717, 1.165) is 31.7 Å². The molecule has 112 valence electrons. The molecule has 0 fully saturated rings. The number of benzene rings is 1. The second kappa shape index (κ2) is 7.79. The van der Waals surface area contributed by atoms with Crippen LogP contribution in [-0.4, -0.2) is 18.6 Å². The fraction of sp³-hybridized carbons (Fsp3) is 0.389. The van der Waals surface area contributed by atoms with E-state index in [4.69, 9.17) is 0 Å². The molecule has 2 rings (SSSR count). The van der Waals surface area contributed by atoms with Gasteiger partial charge in [0.2, 0.25) is 0 Å². The maximum absolute atomic E-state index is 4.55. The summed E-state index contributed by atoms with van der Waals surface area (Å²) in [4.78, 5) is 6.78. The summed E-state index contributed by atoms with van der Waals surface area (Å²) in [6, 6.07) is 13.0. The first kappa shape index (κ1) is 15.5. The lowest BCUT2D eigenvalue weighted by Crippen LogP contribution is -2.17. The van der Waals surface area contributed by atoms with Crippen molar-refractivity contribution in [3.8, 4) is 0 Å². The fourth-order valence-electron chi connectivity index (χ4n) is 2.24. The number of anilines is 1. The van der Waals surface area contributed by atoms with Crippen LogP contribution in [0.15, 0.2) is 42.6 Å². The van der Waals surface area contributed by atoms with E-state index < -0.39 is 0 Å². The predicted octanol–water partition coefficient (Wildman–Crippen LogP) is 3.39. The molecule has 0 saturated carbocycles. The molecule has 3 nitrogen and oxygen atoms in total. The average Bonchev–Trinajstić information content (AvgIpc) is 2.54. The average molecular weight is 283 g/mol. The van der Waals surface area contributed by atoms with Gasteiger partial charge in [0.1, 0.15) is 0 Å². The summed E-state index contributed by atoms with van der Waals surface area (Å²) in [5.74, 6) is 0. The van der Waals surface area contributed by atoms with Gasteiger partial charge in [0.15, 0.2) is 0 Å². The van der Waals surface area contributed by atoms with Gasteiger partial charge in [-0.05, 0) is 42.3 Å². The number of rotatable bonds is 7. The lowest BCUT2D eigenvalue weighted by Gasteiger charge is -2.19. The van der Waals surface area contributed by atoms with Crippen LogP contribution in [0.3, 0.4) is 0 Å². The first-order valence-corrected chi connectivity index (χ1v) is 7.67. The van der Waals surface area contributed by atoms with Gasteiger partial charge in [-0.2, -0.15) is 0 Å². The smallest absolute Gasteiger partial charge is 0.0598 e. The number of hydrogen-bond acceptors (Lipinski definition) is 3. The zero-order valence-corrected chi connectivity index (χ0v) is 13.3. The molecule has 0 unspecified atom stereocenters. The number of nitrogens with zero attached hydrogens (tertiary/aromatic N) is 2. The number of nitrogens with one attached hydrogen (secondary N) is 1. The predicted molar refractivity (Wildman–Crippen MR) is 89.5 cm³/mol. The zero-order chi connectivity index (χ0) is 15.1. The Morgan fingerprint density at radius 1 is 1.00 bits per heavy atom. The van der Waals surface area contributed by atoms with Gasteiger partial charge >= 0.3 is 0 Å². The highest BCUT2D eigenvalue weighted by Gasteiger charge is 2.03. The van der Waals surface area contributed by atoms with Crippen molar-refractivity contribution in [2.45, 2.75) is 33.4 Å². The third kappa shape index (κ3) is 4.57. The molecule has 0 aliphatic rings. The Morgan fingerprint density at radius 3 is 2.29 bits per heavy atom. The maximum atomic E-state index is 4.55. The van der Waals surface area contributed by atoms with Crippen LogP contribution in [0.25, 0.3) is 0 Å². The van der Waals surface area contributed by atoms with Gasteiger partial charge in [-0.15, -0.1) is 0 Å². The van der Waals surface area contributed by atoms with Crippen LogP contribution in [0.1, 0.15) is 30.7 Å². The Bertz CT molecular complexity index is 531. The molecule has 21 heavy (non-hydrogen) atoms. The molecular weight excluding hydrogens is 258 g/mol. The van der Waals surface area contributed by atoms with Crippen molar-refractivity contribution in [1.82, 2.24) is 10.3 Å². The van der Waals surface area contributed by atoms with Crippen molar-refractivity contribution in [3.63, 3.8) is 0 Å². The molecule has 1 heterocycles. The molecule has 0 saturated heterocycles. The molecule has 3 heteroatoms. The van der Waals surface area contributed by atoms with Crippen molar-refractivity contribution in [1.29, 1.82) is 0 Å². The van der Waals surface area contributed by atoms with Crippen LogP contribution in [0.2, 0.25) is 0 Å². The molecule has 0 radical (unpaired) electrons. The van der Waals surface area contributed by atoms with Gasteiger partial charge in [-0.1, -0.05) is 32.0 Å². The molecular formula is C18H25N3. The molecule has 0 aliphatic carbocycles. The first-order chi connectivity index (χ1) is 10.2. The van der Waals surface area contributed by atoms with Gasteiger partial charge in [0.25, 0.3) is 0 Å². The van der Waals surface area contributed by atoms with E-state index in [1.54, 1.807) is 0 Å². The molecule has 0 spiro atoms. The van der Waals surface area contributed by atoms with E-state index in [1.165, 1.54) is 16.8 Å². The van der Waals surface area contributed by atoms with E-state index in [2.05, 4.69) is 72.5 Å². The monoisotopic (exact) mass is 283 g/mol. The van der Waals surface area contributed by atoms with Crippen molar-refractivity contribution >= 4 is 5.69 Å². The van der Waals surface area contributed by atoms with Gasteiger partial charge < -0.3 is 10.2 Å². The maximum Gasteiger partial charge on any atom is 0.0598 e. The highest BCUT2D eigenvalue weighted by molar-refractivity contribution is 5.47. The minimum Gasteiger partial charge on any atom is -0.369 e. The van der Waals surface area contributed by atoms with E-state index in [-0.39, 0.29) is 0 Å². The standard InChI is InChI=1S/C18H25N3/c1-4-15-7-10-18(11-8-15)21(3)14-17-9-6-16(13-20-17)12-19-5-2/h6-11,13,19H,4-5,12,14H2,1-3H3. The van der Waals surface area contributed by atoms with Crippen molar-refractivity contribution in [2.24, 2.45) is 0 Å². The third-order valence-electron chi connectivity index (χ3n) is 3.65. The fourth-order valence-corrected chi connectivity index (χ4v) is 2.24. The second-order valence-electron chi connectivity index (χ2n) is 5.31. The molecule has 2 aromatic rings. The zero-order valence-electron chi connectivity index (χ0n) is 13.3. The first-order valence-electron chi connectivity index (χ1n) is 7.67. The SMILES string of the molecule is CCNCc1ccc(CN(C)c2ccc(CC)cc2)nc1. The van der Waals surface area contributed by atoms with Gasteiger partial charge in [0.05, 0.1) is 12.2 Å². The summed E-state index contributed by atoms with van der Waals surface area (Å²) >= 11 is 0. The summed E-state index contributed by atoms with van der Waals surface area (Å²) in [5, 5.41) is 3.31. The minimum atomic E-state index is 0.826. The number of pyridine rings is 1. The summed E-state index contributed by atoms with van der Waals surface area (Å²) in [6.45, 7) is 6.99. The van der Waals surface area contributed by atoms with Crippen LogP contribution in [0, 0.1) is 0 Å². The summed E-state index contributed by atoms with van der Waals surface area (Å²) in [6.07, 6.45) is 3.05. The van der Waals surface area contributed by atoms with Gasteiger partial charge in [-0.25, -0.2) is 0 Å². The van der Waals surface area contributed by atoms with Gasteiger partial charge in [0, 0.05) is 25.5 Å².